The summed E-state index contributed by atoms with van der Waals surface area (Å²) in [7, 11) is 1.60. The lowest BCUT2D eigenvalue weighted by atomic mass is 10.3. The fourth-order valence-electron chi connectivity index (χ4n) is 2.14. The monoisotopic (exact) mass is 362 g/mol. The van der Waals surface area contributed by atoms with Crippen LogP contribution in [-0.4, -0.2) is 40.1 Å². The second-order valence-corrected chi connectivity index (χ2v) is 5.94. The molecule has 0 saturated carbocycles. The van der Waals surface area contributed by atoms with Gasteiger partial charge in [-0.2, -0.15) is 0 Å². The molecular formula is C17H22N4O3S. The molecule has 134 valence electrons. The van der Waals surface area contributed by atoms with Crippen LogP contribution in [0.3, 0.4) is 0 Å². The first kappa shape index (κ1) is 19.0. The highest BCUT2D eigenvalue weighted by Gasteiger charge is 2.14. The maximum atomic E-state index is 12.3. The SMILES string of the molecule is C=CCn1c(COC)nnc1SCC(=O)Nc1ccccc1OCC. The average molecular weight is 362 g/mol. The highest BCUT2D eigenvalue weighted by Crippen LogP contribution is 2.24. The maximum absolute atomic E-state index is 12.3. The molecule has 0 unspecified atom stereocenters. The number of para-hydroxylation sites is 2. The maximum Gasteiger partial charge on any atom is 0.234 e. The van der Waals surface area contributed by atoms with Crippen molar-refractivity contribution in [2.24, 2.45) is 0 Å². The van der Waals surface area contributed by atoms with E-state index in [0.29, 0.717) is 42.2 Å². The van der Waals surface area contributed by atoms with Crippen molar-refractivity contribution in [3.8, 4) is 5.75 Å². The van der Waals surface area contributed by atoms with Gasteiger partial charge in [-0.3, -0.25) is 4.79 Å². The summed E-state index contributed by atoms with van der Waals surface area (Å²) in [6, 6.07) is 7.35. The number of anilines is 1. The standard InChI is InChI=1S/C17H22N4O3S/c1-4-10-21-15(11-23-3)19-20-17(21)25-12-16(22)18-13-8-6-7-9-14(13)24-5-2/h4,6-9H,1,5,10-12H2,2-3H3,(H,18,22). The van der Waals surface area contributed by atoms with Gasteiger partial charge in [0, 0.05) is 13.7 Å². The molecule has 1 N–H and O–H groups in total. The van der Waals surface area contributed by atoms with Gasteiger partial charge in [-0.15, -0.1) is 16.8 Å². The van der Waals surface area contributed by atoms with E-state index in [0.717, 1.165) is 0 Å². The van der Waals surface area contributed by atoms with Gasteiger partial charge >= 0.3 is 0 Å². The molecule has 0 aliphatic carbocycles. The Kier molecular flexibility index (Phi) is 7.49. The van der Waals surface area contributed by atoms with E-state index in [9.17, 15) is 4.79 Å². The molecule has 1 aromatic carbocycles. The van der Waals surface area contributed by atoms with E-state index in [4.69, 9.17) is 9.47 Å². The summed E-state index contributed by atoms with van der Waals surface area (Å²) in [4.78, 5) is 12.3. The van der Waals surface area contributed by atoms with E-state index < -0.39 is 0 Å². The van der Waals surface area contributed by atoms with Crippen molar-refractivity contribution in [2.75, 3.05) is 24.8 Å². The second kappa shape index (κ2) is 9.85. The number of carbonyl (C=O) groups excluding carboxylic acids is 1. The largest absolute Gasteiger partial charge is 0.492 e. The van der Waals surface area contributed by atoms with Crippen LogP contribution in [0.4, 0.5) is 5.69 Å². The minimum atomic E-state index is -0.140. The number of carbonyl (C=O) groups is 1. The van der Waals surface area contributed by atoms with Crippen LogP contribution in [0.5, 0.6) is 5.75 Å². The number of aromatic nitrogens is 3. The Labute approximate surface area is 151 Å². The minimum Gasteiger partial charge on any atom is -0.492 e. The highest BCUT2D eigenvalue weighted by atomic mass is 32.2. The number of ether oxygens (including phenoxy) is 2. The number of allylic oxidation sites excluding steroid dienone is 1. The summed E-state index contributed by atoms with van der Waals surface area (Å²) in [5, 5.41) is 11.7. The quantitative estimate of drug-likeness (QED) is 0.517. The topological polar surface area (TPSA) is 78.3 Å². The van der Waals surface area contributed by atoms with Crippen LogP contribution in [0, 0.1) is 0 Å². The van der Waals surface area contributed by atoms with E-state index in [1.54, 1.807) is 13.2 Å². The number of benzene rings is 1. The number of amides is 1. The predicted octanol–water partition coefficient (Wildman–Crippen LogP) is 2.74. The molecule has 0 fully saturated rings. The highest BCUT2D eigenvalue weighted by molar-refractivity contribution is 7.99. The molecule has 0 bridgehead atoms. The van der Waals surface area contributed by atoms with Crippen LogP contribution in [0.25, 0.3) is 0 Å². The molecule has 25 heavy (non-hydrogen) atoms. The summed E-state index contributed by atoms with van der Waals surface area (Å²) in [6.07, 6.45) is 1.75. The molecule has 0 radical (unpaired) electrons. The molecule has 1 amide bonds. The molecule has 0 saturated heterocycles. The molecule has 0 aliphatic heterocycles. The third-order valence-corrected chi connectivity index (χ3v) is 4.14. The van der Waals surface area contributed by atoms with Gasteiger partial charge in [-0.1, -0.05) is 30.0 Å². The summed E-state index contributed by atoms with van der Waals surface area (Å²) >= 11 is 1.31. The number of nitrogens with one attached hydrogen (secondary N) is 1. The van der Waals surface area contributed by atoms with Gasteiger partial charge in [0.2, 0.25) is 5.91 Å². The number of thioether (sulfide) groups is 1. The number of hydrogen-bond donors (Lipinski definition) is 1. The lowest BCUT2D eigenvalue weighted by Crippen LogP contribution is -2.15. The Morgan fingerprint density at radius 2 is 2.20 bits per heavy atom. The van der Waals surface area contributed by atoms with Crippen molar-refractivity contribution >= 4 is 23.4 Å². The molecule has 0 atom stereocenters. The summed E-state index contributed by atoms with van der Waals surface area (Å²) < 4.78 is 12.5. The first-order valence-corrected chi connectivity index (χ1v) is 8.84. The number of nitrogens with zero attached hydrogens (tertiary/aromatic N) is 3. The molecule has 7 nitrogen and oxygen atoms in total. The molecular weight excluding hydrogens is 340 g/mol. The average Bonchev–Trinajstić information content (AvgIpc) is 2.98. The van der Waals surface area contributed by atoms with Crippen LogP contribution in [0.15, 0.2) is 42.1 Å². The zero-order valence-corrected chi connectivity index (χ0v) is 15.2. The Bertz CT molecular complexity index is 718. The van der Waals surface area contributed by atoms with Gasteiger partial charge in [-0.05, 0) is 19.1 Å². The van der Waals surface area contributed by atoms with Crippen LogP contribution in [0.1, 0.15) is 12.7 Å². The third kappa shape index (κ3) is 5.33. The lowest BCUT2D eigenvalue weighted by molar-refractivity contribution is -0.113. The van der Waals surface area contributed by atoms with E-state index in [1.165, 1.54) is 11.8 Å². The van der Waals surface area contributed by atoms with Crippen molar-refractivity contribution in [2.45, 2.75) is 25.2 Å². The first-order valence-electron chi connectivity index (χ1n) is 7.86. The Balaban J connectivity index is 1.99. The van der Waals surface area contributed by atoms with Gasteiger partial charge < -0.3 is 19.4 Å². The van der Waals surface area contributed by atoms with Gasteiger partial charge in [0.25, 0.3) is 0 Å². The van der Waals surface area contributed by atoms with Gasteiger partial charge in [0.05, 0.1) is 18.0 Å². The smallest absolute Gasteiger partial charge is 0.234 e. The van der Waals surface area contributed by atoms with Crippen LogP contribution >= 0.6 is 11.8 Å². The Morgan fingerprint density at radius 3 is 2.92 bits per heavy atom. The van der Waals surface area contributed by atoms with Crippen molar-refractivity contribution < 1.29 is 14.3 Å². The molecule has 0 spiro atoms. The lowest BCUT2D eigenvalue weighted by Gasteiger charge is -2.11. The van der Waals surface area contributed by atoms with E-state index in [-0.39, 0.29) is 11.7 Å². The molecule has 8 heteroatoms. The van der Waals surface area contributed by atoms with Crippen molar-refractivity contribution in [3.63, 3.8) is 0 Å². The zero-order valence-electron chi connectivity index (χ0n) is 14.4. The van der Waals surface area contributed by atoms with Gasteiger partial charge in [0.15, 0.2) is 11.0 Å². The van der Waals surface area contributed by atoms with E-state index in [1.807, 2.05) is 35.8 Å². The Morgan fingerprint density at radius 1 is 1.40 bits per heavy atom. The van der Waals surface area contributed by atoms with Crippen LogP contribution in [0.2, 0.25) is 0 Å². The van der Waals surface area contributed by atoms with E-state index in [2.05, 4.69) is 22.1 Å². The number of rotatable bonds is 10. The number of hydrogen-bond acceptors (Lipinski definition) is 6. The van der Waals surface area contributed by atoms with Crippen molar-refractivity contribution in [3.05, 3.63) is 42.7 Å². The van der Waals surface area contributed by atoms with Crippen LogP contribution in [-0.2, 0) is 22.7 Å². The molecule has 2 aromatic rings. The zero-order chi connectivity index (χ0) is 18.1. The third-order valence-electron chi connectivity index (χ3n) is 3.17. The van der Waals surface area contributed by atoms with Crippen molar-refractivity contribution in [1.29, 1.82) is 0 Å². The fourth-order valence-corrected chi connectivity index (χ4v) is 2.91. The van der Waals surface area contributed by atoms with Gasteiger partial charge in [0.1, 0.15) is 12.4 Å². The number of methoxy groups -OCH3 is 1. The summed E-state index contributed by atoms with van der Waals surface area (Å²) in [5.41, 5.74) is 0.655. The van der Waals surface area contributed by atoms with Gasteiger partial charge in [-0.25, -0.2) is 0 Å². The summed E-state index contributed by atoms with van der Waals surface area (Å²) in [6.45, 7) is 7.09. The molecule has 1 heterocycles. The van der Waals surface area contributed by atoms with Crippen molar-refractivity contribution in [1.82, 2.24) is 14.8 Å². The Hall–Kier alpha value is -2.32. The molecule has 2 rings (SSSR count). The second-order valence-electron chi connectivity index (χ2n) is 5.00. The minimum absolute atomic E-state index is 0.140. The fraction of sp³-hybridized carbons (Fsp3) is 0.353. The first-order chi connectivity index (χ1) is 12.2. The predicted molar refractivity (Wildman–Crippen MR) is 97.9 cm³/mol. The van der Waals surface area contributed by atoms with E-state index >= 15 is 0 Å². The normalized spacial score (nSPS) is 10.5. The molecule has 0 aliphatic rings. The summed E-state index contributed by atoms with van der Waals surface area (Å²) in [5.74, 6) is 1.43. The van der Waals surface area contributed by atoms with Crippen LogP contribution < -0.4 is 10.1 Å². The molecule has 1 aromatic heterocycles.